The molecule has 17 heavy (non-hydrogen) atoms. The van der Waals surface area contributed by atoms with Gasteiger partial charge in [-0.05, 0) is 38.3 Å². The standard InChI is InChI=1S/C13H21NO2S/c1-8(2)12(13(15)16)14-9(3)7-11-6-5-10(4)17-11/h5-6,8-9,12,14H,7H2,1-4H3,(H,15,16). The number of rotatable bonds is 6. The Labute approximate surface area is 107 Å². The second kappa shape index (κ2) is 6.17. The Balaban J connectivity index is 2.53. The van der Waals surface area contributed by atoms with Gasteiger partial charge in [-0.2, -0.15) is 0 Å². The minimum absolute atomic E-state index is 0.0972. The third-order valence-corrected chi connectivity index (χ3v) is 3.72. The molecule has 4 heteroatoms. The van der Waals surface area contributed by atoms with E-state index in [0.29, 0.717) is 0 Å². The van der Waals surface area contributed by atoms with E-state index in [1.54, 1.807) is 11.3 Å². The molecule has 0 aromatic carbocycles. The van der Waals surface area contributed by atoms with Crippen LogP contribution in [0.5, 0.6) is 0 Å². The molecule has 0 radical (unpaired) electrons. The summed E-state index contributed by atoms with van der Waals surface area (Å²) in [4.78, 5) is 13.7. The van der Waals surface area contributed by atoms with Gasteiger partial charge in [-0.3, -0.25) is 4.79 Å². The van der Waals surface area contributed by atoms with Gasteiger partial charge in [-0.15, -0.1) is 11.3 Å². The summed E-state index contributed by atoms with van der Waals surface area (Å²) in [6, 6.07) is 3.93. The molecule has 1 heterocycles. The number of carboxylic acid groups (broad SMARTS) is 1. The van der Waals surface area contributed by atoms with Gasteiger partial charge in [0.15, 0.2) is 0 Å². The molecule has 96 valence electrons. The van der Waals surface area contributed by atoms with E-state index in [0.717, 1.165) is 6.42 Å². The lowest BCUT2D eigenvalue weighted by Gasteiger charge is -2.22. The maximum atomic E-state index is 11.1. The van der Waals surface area contributed by atoms with Crippen molar-refractivity contribution in [1.29, 1.82) is 0 Å². The normalized spacial score (nSPS) is 14.9. The summed E-state index contributed by atoms with van der Waals surface area (Å²) < 4.78 is 0. The van der Waals surface area contributed by atoms with Crippen molar-refractivity contribution in [2.24, 2.45) is 5.92 Å². The molecule has 2 atom stereocenters. The number of aliphatic carboxylic acids is 1. The molecule has 1 aromatic heterocycles. The highest BCUT2D eigenvalue weighted by Gasteiger charge is 2.22. The van der Waals surface area contributed by atoms with Crippen molar-refractivity contribution in [1.82, 2.24) is 5.32 Å². The minimum Gasteiger partial charge on any atom is -0.480 e. The van der Waals surface area contributed by atoms with Crippen LogP contribution in [0.2, 0.25) is 0 Å². The molecule has 0 saturated carbocycles. The maximum absolute atomic E-state index is 11.1. The van der Waals surface area contributed by atoms with Gasteiger partial charge in [0, 0.05) is 15.8 Å². The van der Waals surface area contributed by atoms with Gasteiger partial charge in [0.2, 0.25) is 0 Å². The third-order valence-electron chi connectivity index (χ3n) is 2.70. The number of hydrogen-bond acceptors (Lipinski definition) is 3. The van der Waals surface area contributed by atoms with Crippen LogP contribution < -0.4 is 5.32 Å². The van der Waals surface area contributed by atoms with E-state index in [-0.39, 0.29) is 12.0 Å². The summed E-state index contributed by atoms with van der Waals surface area (Å²) in [5.41, 5.74) is 0. The predicted molar refractivity (Wildman–Crippen MR) is 71.6 cm³/mol. The molecule has 0 saturated heterocycles. The van der Waals surface area contributed by atoms with Crippen LogP contribution in [-0.4, -0.2) is 23.2 Å². The van der Waals surface area contributed by atoms with Crippen LogP contribution >= 0.6 is 11.3 Å². The average molecular weight is 255 g/mol. The zero-order valence-corrected chi connectivity index (χ0v) is 11.7. The van der Waals surface area contributed by atoms with E-state index in [4.69, 9.17) is 5.11 Å². The first-order valence-corrected chi connectivity index (χ1v) is 6.76. The van der Waals surface area contributed by atoms with Gasteiger partial charge in [-0.25, -0.2) is 0 Å². The van der Waals surface area contributed by atoms with Crippen molar-refractivity contribution in [2.45, 2.75) is 46.2 Å². The Kier molecular flexibility index (Phi) is 5.15. The predicted octanol–water partition coefficient (Wildman–Crippen LogP) is 2.69. The van der Waals surface area contributed by atoms with Crippen molar-refractivity contribution >= 4 is 17.3 Å². The van der Waals surface area contributed by atoms with E-state index >= 15 is 0 Å². The molecule has 0 bridgehead atoms. The Morgan fingerprint density at radius 1 is 1.41 bits per heavy atom. The lowest BCUT2D eigenvalue weighted by Crippen LogP contribution is -2.46. The fourth-order valence-electron chi connectivity index (χ4n) is 1.81. The molecule has 0 spiro atoms. The number of aryl methyl sites for hydroxylation is 1. The molecule has 3 nitrogen and oxygen atoms in total. The Morgan fingerprint density at radius 2 is 2.06 bits per heavy atom. The Morgan fingerprint density at radius 3 is 2.47 bits per heavy atom. The number of carboxylic acids is 1. The Bertz CT molecular complexity index is 373. The second-order valence-corrected chi connectivity index (χ2v) is 6.22. The Hall–Kier alpha value is -0.870. The molecule has 0 fully saturated rings. The van der Waals surface area contributed by atoms with Crippen LogP contribution in [0.1, 0.15) is 30.5 Å². The van der Waals surface area contributed by atoms with E-state index in [1.165, 1.54) is 9.75 Å². The quantitative estimate of drug-likeness (QED) is 0.821. The van der Waals surface area contributed by atoms with Crippen molar-refractivity contribution in [3.63, 3.8) is 0 Å². The van der Waals surface area contributed by atoms with Crippen LogP contribution in [0.3, 0.4) is 0 Å². The highest BCUT2D eigenvalue weighted by atomic mass is 32.1. The molecule has 1 aromatic rings. The van der Waals surface area contributed by atoms with Crippen LogP contribution in [0.25, 0.3) is 0 Å². The molecule has 1 rings (SSSR count). The SMILES string of the molecule is Cc1ccc(CC(C)NC(C(=O)O)C(C)C)s1. The second-order valence-electron chi connectivity index (χ2n) is 4.84. The summed E-state index contributed by atoms with van der Waals surface area (Å²) in [5, 5.41) is 12.3. The fraction of sp³-hybridized carbons (Fsp3) is 0.615. The molecular weight excluding hydrogens is 234 g/mol. The van der Waals surface area contributed by atoms with Crippen LogP contribution in [0.15, 0.2) is 12.1 Å². The summed E-state index contributed by atoms with van der Waals surface area (Å²) >= 11 is 1.77. The fourth-order valence-corrected chi connectivity index (χ4v) is 2.83. The molecule has 0 aliphatic carbocycles. The van der Waals surface area contributed by atoms with Crippen molar-refractivity contribution in [3.05, 3.63) is 21.9 Å². The number of carbonyl (C=O) groups is 1. The van der Waals surface area contributed by atoms with Crippen LogP contribution in [0, 0.1) is 12.8 Å². The van der Waals surface area contributed by atoms with Gasteiger partial charge >= 0.3 is 5.97 Å². The van der Waals surface area contributed by atoms with E-state index in [1.807, 2.05) is 20.8 Å². The largest absolute Gasteiger partial charge is 0.480 e. The first-order valence-electron chi connectivity index (χ1n) is 5.94. The van der Waals surface area contributed by atoms with Crippen molar-refractivity contribution in [2.75, 3.05) is 0 Å². The van der Waals surface area contributed by atoms with Crippen molar-refractivity contribution < 1.29 is 9.90 Å². The van der Waals surface area contributed by atoms with Gasteiger partial charge in [-0.1, -0.05) is 13.8 Å². The van der Waals surface area contributed by atoms with Crippen LogP contribution in [-0.2, 0) is 11.2 Å². The summed E-state index contributed by atoms with van der Waals surface area (Å²) in [5.74, 6) is -0.672. The van der Waals surface area contributed by atoms with Gasteiger partial charge in [0.25, 0.3) is 0 Å². The van der Waals surface area contributed by atoms with Gasteiger partial charge in [0.1, 0.15) is 6.04 Å². The monoisotopic (exact) mass is 255 g/mol. The molecule has 0 amide bonds. The lowest BCUT2D eigenvalue weighted by molar-refractivity contribution is -0.140. The van der Waals surface area contributed by atoms with Crippen molar-refractivity contribution in [3.8, 4) is 0 Å². The summed E-state index contributed by atoms with van der Waals surface area (Å²) in [6.07, 6.45) is 0.884. The zero-order chi connectivity index (χ0) is 13.0. The zero-order valence-electron chi connectivity index (χ0n) is 10.9. The molecule has 2 unspecified atom stereocenters. The molecule has 2 N–H and O–H groups in total. The number of hydrogen-bond donors (Lipinski definition) is 2. The minimum atomic E-state index is -0.769. The number of nitrogens with one attached hydrogen (secondary N) is 1. The van der Waals surface area contributed by atoms with E-state index in [9.17, 15) is 4.79 Å². The van der Waals surface area contributed by atoms with E-state index < -0.39 is 12.0 Å². The average Bonchev–Trinajstić information content (AvgIpc) is 2.59. The topological polar surface area (TPSA) is 49.3 Å². The highest BCUT2D eigenvalue weighted by Crippen LogP contribution is 2.17. The molecule has 0 aliphatic rings. The van der Waals surface area contributed by atoms with Gasteiger partial charge < -0.3 is 10.4 Å². The first-order chi connectivity index (χ1) is 7.90. The first kappa shape index (κ1) is 14.2. The van der Waals surface area contributed by atoms with Gasteiger partial charge in [0.05, 0.1) is 0 Å². The summed E-state index contributed by atoms with van der Waals surface area (Å²) in [7, 11) is 0. The van der Waals surface area contributed by atoms with E-state index in [2.05, 4.69) is 24.4 Å². The third kappa shape index (κ3) is 4.48. The molecular formula is C13H21NO2S. The summed E-state index contributed by atoms with van der Waals surface area (Å²) in [6.45, 7) is 7.97. The maximum Gasteiger partial charge on any atom is 0.320 e. The smallest absolute Gasteiger partial charge is 0.320 e. The number of thiophene rings is 1. The van der Waals surface area contributed by atoms with Crippen LogP contribution in [0.4, 0.5) is 0 Å². The lowest BCUT2D eigenvalue weighted by atomic mass is 10.0. The molecule has 0 aliphatic heterocycles. The highest BCUT2D eigenvalue weighted by molar-refractivity contribution is 7.11.